The highest BCUT2D eigenvalue weighted by Gasteiger charge is 2.22. The molecule has 0 spiro atoms. The molecule has 23 heavy (non-hydrogen) atoms. The molecule has 3 rings (SSSR count). The number of nitrogens with one attached hydrogen (secondary N) is 1. The number of phenols is 1. The average molecular weight is 333 g/mol. The van der Waals surface area contributed by atoms with Gasteiger partial charge in [0.2, 0.25) is 0 Å². The van der Waals surface area contributed by atoms with E-state index in [4.69, 9.17) is 11.6 Å². The maximum absolute atomic E-state index is 12.2. The molecule has 0 radical (unpaired) electrons. The molecule has 1 fully saturated rings. The van der Waals surface area contributed by atoms with Gasteiger partial charge in [-0.15, -0.1) is 0 Å². The van der Waals surface area contributed by atoms with E-state index in [2.05, 4.69) is 15.2 Å². The first-order chi connectivity index (χ1) is 11.1. The lowest BCUT2D eigenvalue weighted by molar-refractivity contribution is 0.208. The van der Waals surface area contributed by atoms with Crippen LogP contribution >= 0.6 is 11.6 Å². The van der Waals surface area contributed by atoms with Crippen molar-refractivity contribution in [2.75, 3.05) is 36.4 Å². The molecule has 7 heteroatoms. The van der Waals surface area contributed by atoms with Crippen LogP contribution in [0.15, 0.2) is 42.6 Å². The van der Waals surface area contributed by atoms with Crippen molar-refractivity contribution in [2.45, 2.75) is 0 Å². The number of urea groups is 1. The molecule has 1 aliphatic rings. The van der Waals surface area contributed by atoms with Gasteiger partial charge in [0.25, 0.3) is 0 Å². The van der Waals surface area contributed by atoms with E-state index >= 15 is 0 Å². The molecule has 2 N–H and O–H groups in total. The number of rotatable bonds is 2. The molecular formula is C16H17ClN4O2. The Morgan fingerprint density at radius 3 is 2.52 bits per heavy atom. The lowest BCUT2D eigenvalue weighted by atomic mass is 10.2. The van der Waals surface area contributed by atoms with Crippen LogP contribution in [0.2, 0.25) is 5.15 Å². The van der Waals surface area contributed by atoms with Gasteiger partial charge in [0.1, 0.15) is 10.9 Å². The number of carbonyl (C=O) groups excluding carboxylic acids is 1. The predicted molar refractivity (Wildman–Crippen MR) is 90.2 cm³/mol. The summed E-state index contributed by atoms with van der Waals surface area (Å²) < 4.78 is 0. The summed E-state index contributed by atoms with van der Waals surface area (Å²) >= 11 is 5.72. The Labute approximate surface area is 139 Å². The van der Waals surface area contributed by atoms with Gasteiger partial charge in [-0.25, -0.2) is 9.78 Å². The second-order valence-corrected chi connectivity index (χ2v) is 5.65. The summed E-state index contributed by atoms with van der Waals surface area (Å²) in [5.74, 6) is 0.262. The number of phenolic OH excluding ortho intramolecular Hbond substituents is 1. The second-order valence-electron chi connectivity index (χ2n) is 5.26. The highest BCUT2D eigenvalue weighted by atomic mass is 35.5. The second kappa shape index (κ2) is 6.75. The summed E-state index contributed by atoms with van der Waals surface area (Å²) in [4.78, 5) is 20.0. The molecule has 2 aromatic rings. The van der Waals surface area contributed by atoms with Gasteiger partial charge in [0.15, 0.2) is 0 Å². The number of amides is 2. The van der Waals surface area contributed by atoms with Crippen molar-refractivity contribution in [3.63, 3.8) is 0 Å². The Hall–Kier alpha value is -2.47. The zero-order valence-electron chi connectivity index (χ0n) is 12.4. The summed E-state index contributed by atoms with van der Waals surface area (Å²) in [7, 11) is 0. The number of halogens is 1. The number of benzene rings is 1. The van der Waals surface area contributed by atoms with Crippen molar-refractivity contribution < 1.29 is 9.90 Å². The Kier molecular flexibility index (Phi) is 4.52. The topological polar surface area (TPSA) is 68.7 Å². The van der Waals surface area contributed by atoms with Crippen LogP contribution in [0.4, 0.5) is 16.2 Å². The molecule has 0 saturated carbocycles. The van der Waals surface area contributed by atoms with Crippen molar-refractivity contribution in [1.29, 1.82) is 0 Å². The van der Waals surface area contributed by atoms with Crippen molar-refractivity contribution in [3.8, 4) is 5.75 Å². The van der Waals surface area contributed by atoms with E-state index in [1.54, 1.807) is 29.2 Å². The van der Waals surface area contributed by atoms with E-state index in [0.29, 0.717) is 37.0 Å². The fourth-order valence-corrected chi connectivity index (χ4v) is 2.65. The van der Waals surface area contributed by atoms with Crippen molar-refractivity contribution in [2.24, 2.45) is 0 Å². The minimum Gasteiger partial charge on any atom is -0.506 e. The number of pyridine rings is 1. The maximum Gasteiger partial charge on any atom is 0.322 e. The summed E-state index contributed by atoms with van der Waals surface area (Å²) in [5.41, 5.74) is 1.41. The molecule has 2 heterocycles. The number of para-hydroxylation sites is 2. The monoisotopic (exact) mass is 332 g/mol. The summed E-state index contributed by atoms with van der Waals surface area (Å²) in [5, 5.41) is 13.1. The first kappa shape index (κ1) is 15.4. The van der Waals surface area contributed by atoms with Gasteiger partial charge in [0, 0.05) is 26.2 Å². The number of carbonyl (C=O) groups is 1. The number of anilines is 2. The maximum atomic E-state index is 12.2. The lowest BCUT2D eigenvalue weighted by Gasteiger charge is -2.36. The summed E-state index contributed by atoms with van der Waals surface area (Å²) in [6.07, 6.45) is 1.53. The fraction of sp³-hybridized carbons (Fsp3) is 0.250. The zero-order chi connectivity index (χ0) is 16.2. The van der Waals surface area contributed by atoms with Crippen LogP contribution in [-0.2, 0) is 0 Å². The average Bonchev–Trinajstić information content (AvgIpc) is 2.57. The Bertz CT molecular complexity index is 685. The van der Waals surface area contributed by atoms with Crippen LogP contribution in [-0.4, -0.2) is 47.2 Å². The lowest BCUT2D eigenvalue weighted by Crippen LogP contribution is -2.50. The number of aromatic hydroxyl groups is 1. The third-order valence-electron chi connectivity index (χ3n) is 3.77. The third-order valence-corrected chi connectivity index (χ3v) is 3.99. The SMILES string of the molecule is O=C(Nc1ccc(Cl)nc1)N1CCN(c2ccccc2O)CC1. The smallest absolute Gasteiger partial charge is 0.322 e. The molecular weight excluding hydrogens is 316 g/mol. The van der Waals surface area contributed by atoms with E-state index in [-0.39, 0.29) is 11.8 Å². The molecule has 120 valence electrons. The molecule has 1 aromatic heterocycles. The molecule has 1 aliphatic heterocycles. The molecule has 1 saturated heterocycles. The first-order valence-corrected chi connectivity index (χ1v) is 7.72. The van der Waals surface area contributed by atoms with Gasteiger partial charge < -0.3 is 20.2 Å². The minimum atomic E-state index is -0.161. The molecule has 6 nitrogen and oxygen atoms in total. The van der Waals surface area contributed by atoms with Crippen LogP contribution in [0.1, 0.15) is 0 Å². The van der Waals surface area contributed by atoms with E-state index in [1.165, 1.54) is 6.20 Å². The Morgan fingerprint density at radius 2 is 1.87 bits per heavy atom. The zero-order valence-corrected chi connectivity index (χ0v) is 13.2. The van der Waals surface area contributed by atoms with E-state index in [1.807, 2.05) is 12.1 Å². The third kappa shape index (κ3) is 3.65. The minimum absolute atomic E-state index is 0.161. The molecule has 1 aromatic carbocycles. The van der Waals surface area contributed by atoms with E-state index in [9.17, 15) is 9.90 Å². The molecule has 0 unspecified atom stereocenters. The van der Waals surface area contributed by atoms with Gasteiger partial charge in [-0.05, 0) is 24.3 Å². The van der Waals surface area contributed by atoms with Crippen molar-refractivity contribution in [1.82, 2.24) is 9.88 Å². The van der Waals surface area contributed by atoms with Gasteiger partial charge in [-0.3, -0.25) is 0 Å². The molecule has 0 atom stereocenters. The quantitative estimate of drug-likeness (QED) is 0.830. The largest absolute Gasteiger partial charge is 0.506 e. The molecule has 0 aliphatic carbocycles. The van der Waals surface area contributed by atoms with Crippen LogP contribution in [0.25, 0.3) is 0 Å². The number of nitrogens with zero attached hydrogens (tertiary/aromatic N) is 3. The number of aromatic nitrogens is 1. The highest BCUT2D eigenvalue weighted by Crippen LogP contribution is 2.27. The Balaban J connectivity index is 1.57. The van der Waals surface area contributed by atoms with Crippen LogP contribution in [0.3, 0.4) is 0 Å². The predicted octanol–water partition coefficient (Wildman–Crippen LogP) is 2.79. The summed E-state index contributed by atoms with van der Waals surface area (Å²) in [6.45, 7) is 2.51. The van der Waals surface area contributed by atoms with Crippen LogP contribution < -0.4 is 10.2 Å². The van der Waals surface area contributed by atoms with Gasteiger partial charge in [0.05, 0.1) is 17.6 Å². The first-order valence-electron chi connectivity index (χ1n) is 7.34. The standard InChI is InChI=1S/C16H17ClN4O2/c17-15-6-5-12(11-18-15)19-16(23)21-9-7-20(8-10-21)13-3-1-2-4-14(13)22/h1-6,11,22H,7-10H2,(H,19,23). The van der Waals surface area contributed by atoms with Crippen LogP contribution in [0.5, 0.6) is 5.75 Å². The highest BCUT2D eigenvalue weighted by molar-refractivity contribution is 6.29. The van der Waals surface area contributed by atoms with Crippen LogP contribution in [0, 0.1) is 0 Å². The van der Waals surface area contributed by atoms with E-state index in [0.717, 1.165) is 5.69 Å². The molecule has 0 bridgehead atoms. The van der Waals surface area contributed by atoms with Crippen molar-refractivity contribution >= 4 is 29.0 Å². The van der Waals surface area contributed by atoms with Crippen molar-refractivity contribution in [3.05, 3.63) is 47.7 Å². The van der Waals surface area contributed by atoms with Gasteiger partial charge >= 0.3 is 6.03 Å². The van der Waals surface area contributed by atoms with Gasteiger partial charge in [-0.2, -0.15) is 0 Å². The fourth-order valence-electron chi connectivity index (χ4n) is 2.53. The summed E-state index contributed by atoms with van der Waals surface area (Å²) in [6, 6.07) is 10.4. The number of hydrogen-bond donors (Lipinski definition) is 2. The van der Waals surface area contributed by atoms with Gasteiger partial charge in [-0.1, -0.05) is 23.7 Å². The normalized spacial score (nSPS) is 14.7. The number of piperazine rings is 1. The number of hydrogen-bond acceptors (Lipinski definition) is 4. The molecule has 2 amide bonds. The van der Waals surface area contributed by atoms with E-state index < -0.39 is 0 Å². The Morgan fingerprint density at radius 1 is 1.13 bits per heavy atom.